The molecule has 0 unspecified atom stereocenters. The number of likely N-dealkylation sites (N-methyl/N-ethyl adjacent to an activating group) is 1. The van der Waals surface area contributed by atoms with E-state index in [9.17, 15) is 4.79 Å². The quantitative estimate of drug-likeness (QED) is 0.828. The van der Waals surface area contributed by atoms with E-state index >= 15 is 0 Å². The summed E-state index contributed by atoms with van der Waals surface area (Å²) in [6.45, 7) is 5.68. The summed E-state index contributed by atoms with van der Waals surface area (Å²) in [5.41, 5.74) is 7.14. The number of amides is 1. The minimum Gasteiger partial charge on any atom is -0.384 e. The maximum atomic E-state index is 12.3. The Morgan fingerprint density at radius 3 is 2.72 bits per heavy atom. The Balaban J connectivity index is 2.90. The standard InChI is InChI=1S/C13H21N3O2/c1-4-11-8-10(9-12(14)15-11)13(17)16(5-2)6-7-18-3/h8-9H,4-7H2,1-3H3,(H2,14,15). The smallest absolute Gasteiger partial charge is 0.254 e. The first-order chi connectivity index (χ1) is 8.62. The van der Waals surface area contributed by atoms with E-state index in [0.717, 1.165) is 12.1 Å². The van der Waals surface area contributed by atoms with Gasteiger partial charge in [0, 0.05) is 31.5 Å². The second-order valence-corrected chi connectivity index (χ2v) is 4.00. The van der Waals surface area contributed by atoms with E-state index in [1.54, 1.807) is 24.1 Å². The second kappa shape index (κ2) is 6.96. The van der Waals surface area contributed by atoms with Crippen LogP contribution >= 0.6 is 0 Å². The lowest BCUT2D eigenvalue weighted by Gasteiger charge is -2.20. The third-order valence-electron chi connectivity index (χ3n) is 2.74. The third-order valence-corrected chi connectivity index (χ3v) is 2.74. The highest BCUT2D eigenvalue weighted by atomic mass is 16.5. The van der Waals surface area contributed by atoms with Gasteiger partial charge in [0.2, 0.25) is 0 Å². The lowest BCUT2D eigenvalue weighted by atomic mass is 10.1. The summed E-state index contributed by atoms with van der Waals surface area (Å²) in [6, 6.07) is 3.42. The predicted molar refractivity (Wildman–Crippen MR) is 71.5 cm³/mol. The molecule has 1 rings (SSSR count). The highest BCUT2D eigenvalue weighted by molar-refractivity contribution is 5.95. The molecule has 0 aliphatic rings. The molecule has 1 aromatic rings. The molecule has 0 spiro atoms. The third kappa shape index (κ3) is 3.70. The number of anilines is 1. The predicted octanol–water partition coefficient (Wildman–Crippen LogP) is 1.33. The van der Waals surface area contributed by atoms with Gasteiger partial charge in [-0.3, -0.25) is 4.79 Å². The number of carbonyl (C=O) groups is 1. The molecule has 1 aromatic heterocycles. The molecule has 0 atom stereocenters. The van der Waals surface area contributed by atoms with Gasteiger partial charge < -0.3 is 15.4 Å². The van der Waals surface area contributed by atoms with E-state index in [1.165, 1.54) is 0 Å². The minimum absolute atomic E-state index is 0.0293. The number of hydrogen-bond donors (Lipinski definition) is 1. The number of nitrogens with two attached hydrogens (primary N) is 1. The number of aryl methyl sites for hydroxylation is 1. The van der Waals surface area contributed by atoms with Crippen molar-refractivity contribution in [2.75, 3.05) is 32.5 Å². The van der Waals surface area contributed by atoms with Crippen molar-refractivity contribution in [1.82, 2.24) is 9.88 Å². The van der Waals surface area contributed by atoms with Gasteiger partial charge in [-0.2, -0.15) is 0 Å². The van der Waals surface area contributed by atoms with Gasteiger partial charge in [0.15, 0.2) is 0 Å². The summed E-state index contributed by atoms with van der Waals surface area (Å²) >= 11 is 0. The van der Waals surface area contributed by atoms with Crippen LogP contribution in [0.1, 0.15) is 29.9 Å². The summed E-state index contributed by atoms with van der Waals surface area (Å²) in [6.07, 6.45) is 0.759. The molecule has 0 saturated heterocycles. The van der Waals surface area contributed by atoms with Crippen LogP contribution in [0.5, 0.6) is 0 Å². The van der Waals surface area contributed by atoms with E-state index < -0.39 is 0 Å². The van der Waals surface area contributed by atoms with Crippen molar-refractivity contribution < 1.29 is 9.53 Å². The summed E-state index contributed by atoms with van der Waals surface area (Å²) in [7, 11) is 1.62. The van der Waals surface area contributed by atoms with Gasteiger partial charge in [-0.05, 0) is 25.5 Å². The number of methoxy groups -OCH3 is 1. The van der Waals surface area contributed by atoms with Crippen molar-refractivity contribution in [3.05, 3.63) is 23.4 Å². The Morgan fingerprint density at radius 2 is 2.17 bits per heavy atom. The van der Waals surface area contributed by atoms with E-state index in [1.807, 2.05) is 13.8 Å². The lowest BCUT2D eigenvalue weighted by molar-refractivity contribution is 0.0706. The molecular weight excluding hydrogens is 230 g/mol. The molecule has 5 heteroatoms. The Bertz CT molecular complexity index is 407. The van der Waals surface area contributed by atoms with Crippen molar-refractivity contribution in [3.8, 4) is 0 Å². The van der Waals surface area contributed by atoms with Crippen molar-refractivity contribution in [2.24, 2.45) is 0 Å². The summed E-state index contributed by atoms with van der Waals surface area (Å²) in [5, 5.41) is 0. The molecule has 0 bridgehead atoms. The molecule has 0 fully saturated rings. The van der Waals surface area contributed by atoms with Crippen molar-refractivity contribution in [2.45, 2.75) is 20.3 Å². The highest BCUT2D eigenvalue weighted by Crippen LogP contribution is 2.11. The van der Waals surface area contributed by atoms with Crippen LogP contribution in [0.4, 0.5) is 5.82 Å². The normalized spacial score (nSPS) is 10.4. The topological polar surface area (TPSA) is 68.5 Å². The van der Waals surface area contributed by atoms with Gasteiger partial charge in [-0.1, -0.05) is 6.92 Å². The SMILES string of the molecule is CCc1cc(C(=O)N(CC)CCOC)cc(N)n1. The van der Waals surface area contributed by atoms with Gasteiger partial charge in [0.25, 0.3) is 5.91 Å². The van der Waals surface area contributed by atoms with Crippen LogP contribution in [0.2, 0.25) is 0 Å². The van der Waals surface area contributed by atoms with Crippen molar-refractivity contribution >= 4 is 11.7 Å². The van der Waals surface area contributed by atoms with Crippen LogP contribution in [-0.2, 0) is 11.2 Å². The zero-order valence-corrected chi connectivity index (χ0v) is 11.3. The molecular formula is C13H21N3O2. The minimum atomic E-state index is -0.0293. The first kappa shape index (κ1) is 14.4. The molecule has 1 amide bonds. The molecule has 0 saturated carbocycles. The first-order valence-corrected chi connectivity index (χ1v) is 6.17. The molecule has 18 heavy (non-hydrogen) atoms. The van der Waals surface area contributed by atoms with E-state index in [2.05, 4.69) is 4.98 Å². The number of pyridine rings is 1. The monoisotopic (exact) mass is 251 g/mol. The summed E-state index contributed by atoms with van der Waals surface area (Å²) < 4.78 is 5.00. The van der Waals surface area contributed by atoms with Crippen molar-refractivity contribution in [1.29, 1.82) is 0 Å². The van der Waals surface area contributed by atoms with Gasteiger partial charge in [0.05, 0.1) is 6.61 Å². The summed E-state index contributed by atoms with van der Waals surface area (Å²) in [5.74, 6) is 0.360. The number of hydrogen-bond acceptors (Lipinski definition) is 4. The van der Waals surface area contributed by atoms with Gasteiger partial charge >= 0.3 is 0 Å². The Morgan fingerprint density at radius 1 is 1.44 bits per heavy atom. The molecule has 1 heterocycles. The molecule has 0 aromatic carbocycles. The Hall–Kier alpha value is -1.62. The van der Waals surface area contributed by atoms with E-state index in [4.69, 9.17) is 10.5 Å². The number of carbonyl (C=O) groups excluding carboxylic acids is 1. The maximum Gasteiger partial charge on any atom is 0.254 e. The molecule has 0 aliphatic carbocycles. The maximum absolute atomic E-state index is 12.3. The van der Waals surface area contributed by atoms with E-state index in [0.29, 0.717) is 31.1 Å². The van der Waals surface area contributed by atoms with Crippen LogP contribution in [0.15, 0.2) is 12.1 Å². The van der Waals surface area contributed by atoms with E-state index in [-0.39, 0.29) is 5.91 Å². The Kier molecular flexibility index (Phi) is 5.58. The van der Waals surface area contributed by atoms with Gasteiger partial charge in [-0.15, -0.1) is 0 Å². The zero-order valence-electron chi connectivity index (χ0n) is 11.3. The first-order valence-electron chi connectivity index (χ1n) is 6.17. The number of nitrogen functional groups attached to an aromatic ring is 1. The zero-order chi connectivity index (χ0) is 13.5. The molecule has 2 N–H and O–H groups in total. The number of ether oxygens (including phenoxy) is 1. The average Bonchev–Trinajstić information content (AvgIpc) is 2.38. The van der Waals surface area contributed by atoms with Crippen LogP contribution in [0, 0.1) is 0 Å². The van der Waals surface area contributed by atoms with Crippen LogP contribution in [0.3, 0.4) is 0 Å². The number of aromatic nitrogens is 1. The van der Waals surface area contributed by atoms with Crippen molar-refractivity contribution in [3.63, 3.8) is 0 Å². The fraction of sp³-hybridized carbons (Fsp3) is 0.538. The lowest BCUT2D eigenvalue weighted by Crippen LogP contribution is -2.33. The largest absolute Gasteiger partial charge is 0.384 e. The van der Waals surface area contributed by atoms with Crippen LogP contribution in [-0.4, -0.2) is 42.6 Å². The number of nitrogens with zero attached hydrogens (tertiary/aromatic N) is 2. The summed E-state index contributed by atoms with van der Waals surface area (Å²) in [4.78, 5) is 18.2. The number of rotatable bonds is 6. The molecule has 0 radical (unpaired) electrons. The molecule has 100 valence electrons. The molecule has 0 aliphatic heterocycles. The molecule has 5 nitrogen and oxygen atoms in total. The fourth-order valence-electron chi connectivity index (χ4n) is 1.70. The second-order valence-electron chi connectivity index (χ2n) is 4.00. The van der Waals surface area contributed by atoms with Gasteiger partial charge in [0.1, 0.15) is 5.82 Å². The van der Waals surface area contributed by atoms with Crippen LogP contribution in [0.25, 0.3) is 0 Å². The highest BCUT2D eigenvalue weighted by Gasteiger charge is 2.15. The Labute approximate surface area is 108 Å². The fourth-order valence-corrected chi connectivity index (χ4v) is 1.70. The average molecular weight is 251 g/mol. The van der Waals surface area contributed by atoms with Gasteiger partial charge in [-0.25, -0.2) is 4.98 Å². The van der Waals surface area contributed by atoms with Crippen LogP contribution < -0.4 is 5.73 Å².